The second-order valence-corrected chi connectivity index (χ2v) is 7.02. The Bertz CT molecular complexity index is 886. The molecule has 2 aromatic rings. The summed E-state index contributed by atoms with van der Waals surface area (Å²) in [5, 5.41) is 3.49. The van der Waals surface area contributed by atoms with Gasteiger partial charge in [0, 0.05) is 36.3 Å². The van der Waals surface area contributed by atoms with E-state index in [1.807, 2.05) is 18.2 Å². The van der Waals surface area contributed by atoms with Crippen molar-refractivity contribution in [2.24, 2.45) is 5.92 Å². The summed E-state index contributed by atoms with van der Waals surface area (Å²) in [5.41, 5.74) is 1.50. The molecule has 2 aliphatic rings. The topological polar surface area (TPSA) is 67.9 Å². The van der Waals surface area contributed by atoms with E-state index in [2.05, 4.69) is 5.32 Å². The lowest BCUT2D eigenvalue weighted by atomic mass is 10.1. The molecule has 6 nitrogen and oxygen atoms in total. The molecule has 0 spiro atoms. The summed E-state index contributed by atoms with van der Waals surface area (Å²) in [7, 11) is 0. The minimum absolute atomic E-state index is 0.0442. The minimum Gasteiger partial charge on any atom is -0.486 e. The van der Waals surface area contributed by atoms with Gasteiger partial charge in [-0.1, -0.05) is 29.8 Å². The van der Waals surface area contributed by atoms with Gasteiger partial charge in [0.15, 0.2) is 11.5 Å². The predicted molar refractivity (Wildman–Crippen MR) is 101 cm³/mol. The van der Waals surface area contributed by atoms with Gasteiger partial charge in [0.2, 0.25) is 11.8 Å². The van der Waals surface area contributed by atoms with Crippen molar-refractivity contribution in [2.45, 2.75) is 13.0 Å². The maximum absolute atomic E-state index is 12.6. The van der Waals surface area contributed by atoms with Crippen molar-refractivity contribution in [2.75, 3.05) is 25.1 Å². The molecule has 4 rings (SSSR count). The van der Waals surface area contributed by atoms with Crippen LogP contribution in [0.3, 0.4) is 0 Å². The average Bonchev–Trinajstić information content (AvgIpc) is 3.04. The van der Waals surface area contributed by atoms with Gasteiger partial charge in [-0.25, -0.2) is 0 Å². The third-order valence-electron chi connectivity index (χ3n) is 4.71. The molecule has 1 N–H and O–H groups in total. The van der Waals surface area contributed by atoms with Crippen molar-refractivity contribution in [1.82, 2.24) is 4.90 Å². The molecule has 1 atom stereocenters. The Morgan fingerprint density at radius 2 is 1.93 bits per heavy atom. The summed E-state index contributed by atoms with van der Waals surface area (Å²) in [5.74, 6) is 0.662. The van der Waals surface area contributed by atoms with Gasteiger partial charge in [0.25, 0.3) is 0 Å². The van der Waals surface area contributed by atoms with Crippen LogP contribution in [0.1, 0.15) is 12.0 Å². The SMILES string of the molecule is O=C(Nc1ccc2c(c1)OCCO2)[C@@H]1CC(=O)N(Cc2ccccc2Cl)C1. The first kappa shape index (κ1) is 17.7. The molecule has 1 saturated heterocycles. The molecule has 0 unspecified atom stereocenters. The Morgan fingerprint density at radius 3 is 2.74 bits per heavy atom. The zero-order chi connectivity index (χ0) is 18.8. The van der Waals surface area contributed by atoms with E-state index >= 15 is 0 Å². The van der Waals surface area contributed by atoms with E-state index in [9.17, 15) is 9.59 Å². The molecule has 7 heteroatoms. The van der Waals surface area contributed by atoms with Gasteiger partial charge < -0.3 is 19.7 Å². The van der Waals surface area contributed by atoms with E-state index in [1.165, 1.54) is 0 Å². The summed E-state index contributed by atoms with van der Waals surface area (Å²) < 4.78 is 11.0. The number of amides is 2. The van der Waals surface area contributed by atoms with Crippen molar-refractivity contribution >= 4 is 29.1 Å². The molecule has 0 aliphatic carbocycles. The Morgan fingerprint density at radius 1 is 1.15 bits per heavy atom. The fourth-order valence-corrected chi connectivity index (χ4v) is 3.49. The number of likely N-dealkylation sites (tertiary alicyclic amines) is 1. The van der Waals surface area contributed by atoms with Crippen LogP contribution < -0.4 is 14.8 Å². The Balaban J connectivity index is 1.40. The van der Waals surface area contributed by atoms with E-state index < -0.39 is 5.92 Å². The van der Waals surface area contributed by atoms with Crippen LogP contribution in [-0.4, -0.2) is 36.5 Å². The molecule has 0 radical (unpaired) electrons. The second-order valence-electron chi connectivity index (χ2n) is 6.61. The van der Waals surface area contributed by atoms with Crippen LogP contribution in [0.15, 0.2) is 42.5 Å². The zero-order valence-corrected chi connectivity index (χ0v) is 15.4. The predicted octanol–water partition coefficient (Wildman–Crippen LogP) is 3.10. The molecule has 2 heterocycles. The molecular formula is C20H19ClN2O4. The number of rotatable bonds is 4. The Kier molecular flexibility index (Phi) is 4.90. The number of carbonyl (C=O) groups is 2. The summed E-state index contributed by atoms with van der Waals surface area (Å²) in [6, 6.07) is 12.7. The van der Waals surface area contributed by atoms with E-state index in [0.717, 1.165) is 5.56 Å². The van der Waals surface area contributed by atoms with Crippen LogP contribution in [0.2, 0.25) is 5.02 Å². The highest BCUT2D eigenvalue weighted by molar-refractivity contribution is 6.31. The van der Waals surface area contributed by atoms with Gasteiger partial charge in [-0.15, -0.1) is 0 Å². The number of ether oxygens (including phenoxy) is 2. The standard InChI is InChI=1S/C20H19ClN2O4/c21-16-4-2-1-3-13(16)11-23-12-14(9-19(23)24)20(25)22-15-5-6-17-18(10-15)27-8-7-26-17/h1-6,10,14H,7-9,11-12H2,(H,22,25)/t14-/m1/s1. The molecule has 27 heavy (non-hydrogen) atoms. The van der Waals surface area contributed by atoms with Crippen molar-refractivity contribution < 1.29 is 19.1 Å². The summed E-state index contributed by atoms with van der Waals surface area (Å²) in [6.07, 6.45) is 0.195. The van der Waals surface area contributed by atoms with E-state index in [-0.39, 0.29) is 18.2 Å². The van der Waals surface area contributed by atoms with Crippen LogP contribution in [0, 0.1) is 5.92 Å². The van der Waals surface area contributed by atoms with Gasteiger partial charge in [0.1, 0.15) is 13.2 Å². The number of hydrogen-bond donors (Lipinski definition) is 1. The molecule has 140 valence electrons. The van der Waals surface area contributed by atoms with Gasteiger partial charge in [-0.3, -0.25) is 9.59 Å². The highest BCUT2D eigenvalue weighted by atomic mass is 35.5. The number of hydrogen-bond acceptors (Lipinski definition) is 4. The zero-order valence-electron chi connectivity index (χ0n) is 14.6. The summed E-state index contributed by atoms with van der Waals surface area (Å²) in [6.45, 7) is 1.79. The minimum atomic E-state index is -0.395. The lowest BCUT2D eigenvalue weighted by Crippen LogP contribution is -2.28. The first-order valence-corrected chi connectivity index (χ1v) is 9.19. The van der Waals surface area contributed by atoms with Crippen LogP contribution >= 0.6 is 11.6 Å². The number of nitrogens with one attached hydrogen (secondary N) is 1. The number of anilines is 1. The van der Waals surface area contributed by atoms with Crippen LogP contribution in [0.4, 0.5) is 5.69 Å². The fourth-order valence-electron chi connectivity index (χ4n) is 3.30. The Hall–Kier alpha value is -2.73. The average molecular weight is 387 g/mol. The van der Waals surface area contributed by atoms with Crippen molar-refractivity contribution in [3.05, 3.63) is 53.1 Å². The van der Waals surface area contributed by atoms with Crippen LogP contribution in [0.5, 0.6) is 11.5 Å². The number of nitrogens with zero attached hydrogens (tertiary/aromatic N) is 1. The molecule has 2 aliphatic heterocycles. The normalized spacial score (nSPS) is 18.5. The fraction of sp³-hybridized carbons (Fsp3) is 0.300. The van der Waals surface area contributed by atoms with Crippen LogP contribution in [-0.2, 0) is 16.1 Å². The van der Waals surface area contributed by atoms with Crippen molar-refractivity contribution in [3.8, 4) is 11.5 Å². The monoisotopic (exact) mass is 386 g/mol. The lowest BCUT2D eigenvalue weighted by Gasteiger charge is -2.19. The van der Waals surface area contributed by atoms with Gasteiger partial charge >= 0.3 is 0 Å². The first-order chi connectivity index (χ1) is 13.1. The number of benzene rings is 2. The van der Waals surface area contributed by atoms with Gasteiger partial charge in [0.05, 0.1) is 5.92 Å². The second kappa shape index (κ2) is 7.48. The largest absolute Gasteiger partial charge is 0.486 e. The van der Waals surface area contributed by atoms with Crippen molar-refractivity contribution in [3.63, 3.8) is 0 Å². The lowest BCUT2D eigenvalue weighted by molar-refractivity contribution is -0.128. The van der Waals surface area contributed by atoms with Crippen LogP contribution in [0.25, 0.3) is 0 Å². The molecule has 2 aromatic carbocycles. The smallest absolute Gasteiger partial charge is 0.229 e. The summed E-state index contributed by atoms with van der Waals surface area (Å²) in [4.78, 5) is 26.6. The van der Waals surface area contributed by atoms with Gasteiger partial charge in [-0.05, 0) is 23.8 Å². The highest BCUT2D eigenvalue weighted by Gasteiger charge is 2.34. The molecule has 0 aromatic heterocycles. The molecule has 0 bridgehead atoms. The number of fused-ring (bicyclic) bond motifs is 1. The first-order valence-electron chi connectivity index (χ1n) is 8.82. The highest BCUT2D eigenvalue weighted by Crippen LogP contribution is 2.33. The molecular weight excluding hydrogens is 368 g/mol. The van der Waals surface area contributed by atoms with E-state index in [4.69, 9.17) is 21.1 Å². The third-order valence-corrected chi connectivity index (χ3v) is 5.08. The third kappa shape index (κ3) is 3.85. The molecule has 0 saturated carbocycles. The number of carbonyl (C=O) groups excluding carboxylic acids is 2. The maximum atomic E-state index is 12.6. The van der Waals surface area contributed by atoms with Crippen molar-refractivity contribution in [1.29, 1.82) is 0 Å². The maximum Gasteiger partial charge on any atom is 0.229 e. The van der Waals surface area contributed by atoms with E-state index in [1.54, 1.807) is 29.2 Å². The Labute approximate surface area is 162 Å². The molecule has 1 fully saturated rings. The van der Waals surface area contributed by atoms with Gasteiger partial charge in [-0.2, -0.15) is 0 Å². The quantitative estimate of drug-likeness (QED) is 0.876. The summed E-state index contributed by atoms with van der Waals surface area (Å²) >= 11 is 6.18. The number of halogens is 1. The molecule has 2 amide bonds. The van der Waals surface area contributed by atoms with E-state index in [0.29, 0.717) is 48.5 Å².